The average molecular weight is 388 g/mol. The Hall–Kier alpha value is -4.09. The molecule has 0 saturated carbocycles. The molecule has 4 aromatic carbocycles. The van der Waals surface area contributed by atoms with Crippen LogP contribution in [0.2, 0.25) is 0 Å². The van der Waals surface area contributed by atoms with Gasteiger partial charge in [-0.1, -0.05) is 72.0 Å². The van der Waals surface area contributed by atoms with Gasteiger partial charge in [0.25, 0.3) is 0 Å². The maximum atomic E-state index is 12.3. The third kappa shape index (κ3) is 4.84. The minimum Gasteiger partial charge on any atom is -0.423 e. The number of para-hydroxylation sites is 1. The van der Waals surface area contributed by atoms with Crippen molar-refractivity contribution < 1.29 is 9.53 Å². The van der Waals surface area contributed by atoms with Gasteiger partial charge in [0.05, 0.1) is 5.56 Å². The Morgan fingerprint density at radius 2 is 1.13 bits per heavy atom. The van der Waals surface area contributed by atoms with Crippen molar-refractivity contribution in [1.82, 2.24) is 0 Å². The third-order valence-electron chi connectivity index (χ3n) is 4.70. The Morgan fingerprint density at radius 1 is 0.633 bits per heavy atom. The van der Waals surface area contributed by atoms with Crippen molar-refractivity contribution in [2.45, 2.75) is 6.92 Å². The third-order valence-corrected chi connectivity index (χ3v) is 4.70. The first-order valence-corrected chi connectivity index (χ1v) is 9.74. The molecule has 144 valence electrons. The van der Waals surface area contributed by atoms with Gasteiger partial charge in [0.15, 0.2) is 0 Å². The molecule has 0 spiro atoms. The number of carbonyl (C=O) groups is 1. The lowest BCUT2D eigenvalue weighted by Crippen LogP contribution is -2.08. The normalized spacial score (nSPS) is 10.0. The maximum Gasteiger partial charge on any atom is 0.343 e. The first kappa shape index (κ1) is 19.2. The molecule has 0 unspecified atom stereocenters. The molecule has 0 aromatic heterocycles. The van der Waals surface area contributed by atoms with Crippen LogP contribution in [0.5, 0.6) is 5.75 Å². The van der Waals surface area contributed by atoms with E-state index in [1.165, 1.54) is 5.56 Å². The van der Waals surface area contributed by atoms with Crippen LogP contribution in [0, 0.1) is 18.8 Å². The predicted molar refractivity (Wildman–Crippen MR) is 120 cm³/mol. The fourth-order valence-electron chi connectivity index (χ4n) is 2.98. The van der Waals surface area contributed by atoms with Crippen LogP contribution in [-0.4, -0.2) is 5.97 Å². The van der Waals surface area contributed by atoms with Crippen LogP contribution in [-0.2, 0) is 0 Å². The van der Waals surface area contributed by atoms with Crippen LogP contribution in [0.3, 0.4) is 0 Å². The van der Waals surface area contributed by atoms with Gasteiger partial charge in [0.1, 0.15) is 5.75 Å². The van der Waals surface area contributed by atoms with Crippen LogP contribution >= 0.6 is 0 Å². The Morgan fingerprint density at radius 3 is 1.70 bits per heavy atom. The summed E-state index contributed by atoms with van der Waals surface area (Å²) >= 11 is 0. The minimum atomic E-state index is -0.366. The molecular weight excluding hydrogens is 368 g/mol. The largest absolute Gasteiger partial charge is 0.423 e. The number of aryl methyl sites for hydroxylation is 1. The average Bonchev–Trinajstić information content (AvgIpc) is 2.80. The molecular formula is C28H20O2. The van der Waals surface area contributed by atoms with Gasteiger partial charge in [0, 0.05) is 11.1 Å². The van der Waals surface area contributed by atoms with Gasteiger partial charge in [0.2, 0.25) is 0 Å². The van der Waals surface area contributed by atoms with E-state index in [2.05, 4.69) is 30.9 Å². The molecule has 0 bridgehead atoms. The standard InChI is InChI=1S/C28H20O2/c1-21-7-9-22(10-8-21)11-12-23-13-15-24(16-14-23)25-17-19-26(20-18-25)28(29)30-27-5-3-2-4-6-27/h2-10,13-20H,1H3. The lowest BCUT2D eigenvalue weighted by molar-refractivity contribution is 0.0735. The quantitative estimate of drug-likeness (QED) is 0.234. The lowest BCUT2D eigenvalue weighted by atomic mass is 10.0. The van der Waals surface area contributed by atoms with Crippen molar-refractivity contribution in [2.75, 3.05) is 0 Å². The maximum absolute atomic E-state index is 12.3. The van der Waals surface area contributed by atoms with E-state index >= 15 is 0 Å². The summed E-state index contributed by atoms with van der Waals surface area (Å²) < 4.78 is 5.38. The molecule has 30 heavy (non-hydrogen) atoms. The van der Waals surface area contributed by atoms with Crippen LogP contribution in [0.4, 0.5) is 0 Å². The molecule has 0 aliphatic carbocycles. The van der Waals surface area contributed by atoms with Crippen molar-refractivity contribution in [3.05, 3.63) is 125 Å². The molecule has 0 saturated heterocycles. The van der Waals surface area contributed by atoms with E-state index in [1.807, 2.05) is 66.7 Å². The number of esters is 1. The van der Waals surface area contributed by atoms with E-state index in [0.717, 1.165) is 22.3 Å². The van der Waals surface area contributed by atoms with Gasteiger partial charge < -0.3 is 4.74 Å². The number of hydrogen-bond acceptors (Lipinski definition) is 2. The van der Waals surface area contributed by atoms with E-state index in [4.69, 9.17) is 4.74 Å². The van der Waals surface area contributed by atoms with E-state index in [9.17, 15) is 4.79 Å². The van der Waals surface area contributed by atoms with Crippen LogP contribution in [0.1, 0.15) is 27.0 Å². The van der Waals surface area contributed by atoms with Crippen molar-refractivity contribution in [2.24, 2.45) is 0 Å². The zero-order valence-electron chi connectivity index (χ0n) is 16.6. The summed E-state index contributed by atoms with van der Waals surface area (Å²) in [6.45, 7) is 2.06. The molecule has 4 rings (SSSR count). The highest BCUT2D eigenvalue weighted by Crippen LogP contribution is 2.21. The van der Waals surface area contributed by atoms with Gasteiger partial charge in [-0.05, 0) is 66.6 Å². The summed E-state index contributed by atoms with van der Waals surface area (Å²) in [5.41, 5.74) is 5.81. The number of hydrogen-bond donors (Lipinski definition) is 0. The zero-order valence-corrected chi connectivity index (χ0v) is 16.6. The second-order valence-electron chi connectivity index (χ2n) is 6.97. The summed E-state index contributed by atoms with van der Waals surface area (Å²) in [7, 11) is 0. The number of rotatable bonds is 3. The highest BCUT2D eigenvalue weighted by Gasteiger charge is 2.08. The van der Waals surface area contributed by atoms with Gasteiger partial charge in [-0.15, -0.1) is 0 Å². The summed E-state index contributed by atoms with van der Waals surface area (Å²) in [4.78, 5) is 12.3. The molecule has 0 amide bonds. The summed E-state index contributed by atoms with van der Waals surface area (Å²) in [6, 6.07) is 32.8. The fraction of sp³-hybridized carbons (Fsp3) is 0.0357. The zero-order chi connectivity index (χ0) is 20.8. The van der Waals surface area contributed by atoms with Crippen molar-refractivity contribution in [3.8, 4) is 28.7 Å². The summed E-state index contributed by atoms with van der Waals surface area (Å²) in [5.74, 6) is 6.55. The van der Waals surface area contributed by atoms with Crippen LogP contribution in [0.15, 0.2) is 103 Å². The first-order valence-electron chi connectivity index (χ1n) is 9.74. The lowest BCUT2D eigenvalue weighted by Gasteiger charge is -2.06. The molecule has 0 fully saturated rings. The minimum absolute atomic E-state index is 0.366. The Kier molecular flexibility index (Phi) is 5.73. The monoisotopic (exact) mass is 388 g/mol. The van der Waals surface area contributed by atoms with E-state index in [0.29, 0.717) is 11.3 Å². The van der Waals surface area contributed by atoms with E-state index < -0.39 is 0 Å². The van der Waals surface area contributed by atoms with Crippen molar-refractivity contribution in [1.29, 1.82) is 0 Å². The van der Waals surface area contributed by atoms with E-state index in [1.54, 1.807) is 24.3 Å². The number of carbonyl (C=O) groups excluding carboxylic acids is 1. The Balaban J connectivity index is 1.44. The van der Waals surface area contributed by atoms with Crippen molar-refractivity contribution >= 4 is 5.97 Å². The van der Waals surface area contributed by atoms with Crippen LogP contribution < -0.4 is 4.74 Å². The van der Waals surface area contributed by atoms with Gasteiger partial charge in [-0.25, -0.2) is 4.79 Å². The highest BCUT2D eigenvalue weighted by atomic mass is 16.5. The number of ether oxygens (including phenoxy) is 1. The Labute approximate surface area is 176 Å². The molecule has 0 N–H and O–H groups in total. The topological polar surface area (TPSA) is 26.3 Å². The highest BCUT2D eigenvalue weighted by molar-refractivity contribution is 5.91. The number of benzene rings is 4. The molecule has 0 aliphatic heterocycles. The first-order chi connectivity index (χ1) is 14.7. The Bertz CT molecular complexity index is 1190. The second-order valence-corrected chi connectivity index (χ2v) is 6.97. The molecule has 2 nitrogen and oxygen atoms in total. The van der Waals surface area contributed by atoms with Crippen molar-refractivity contribution in [3.63, 3.8) is 0 Å². The molecule has 0 atom stereocenters. The molecule has 0 radical (unpaired) electrons. The molecule has 0 heterocycles. The molecule has 0 aliphatic rings. The van der Waals surface area contributed by atoms with E-state index in [-0.39, 0.29) is 5.97 Å². The summed E-state index contributed by atoms with van der Waals surface area (Å²) in [6.07, 6.45) is 0. The fourth-order valence-corrected chi connectivity index (χ4v) is 2.98. The summed E-state index contributed by atoms with van der Waals surface area (Å²) in [5, 5.41) is 0. The SMILES string of the molecule is Cc1ccc(C#Cc2ccc(-c3ccc(C(=O)Oc4ccccc4)cc3)cc2)cc1. The van der Waals surface area contributed by atoms with Gasteiger partial charge in [-0.2, -0.15) is 0 Å². The van der Waals surface area contributed by atoms with Gasteiger partial charge in [-0.3, -0.25) is 0 Å². The molecule has 2 heteroatoms. The predicted octanol–water partition coefficient (Wildman–Crippen LogP) is 6.28. The molecule has 4 aromatic rings. The smallest absolute Gasteiger partial charge is 0.343 e. The van der Waals surface area contributed by atoms with Gasteiger partial charge >= 0.3 is 5.97 Å². The second kappa shape index (κ2) is 8.94. The van der Waals surface area contributed by atoms with Crippen LogP contribution in [0.25, 0.3) is 11.1 Å².